The molecule has 19 heavy (non-hydrogen) atoms. The van der Waals surface area contributed by atoms with Crippen LogP contribution in [0.2, 0.25) is 5.02 Å². The Morgan fingerprint density at radius 3 is 2.05 bits per heavy atom. The highest BCUT2D eigenvalue weighted by molar-refractivity contribution is 6.30. The Morgan fingerprint density at radius 1 is 1.00 bits per heavy atom. The van der Waals surface area contributed by atoms with Gasteiger partial charge in [0.05, 0.1) is 0 Å². The van der Waals surface area contributed by atoms with E-state index >= 15 is 0 Å². The van der Waals surface area contributed by atoms with Crippen molar-refractivity contribution in [3.63, 3.8) is 0 Å². The molecule has 0 saturated carbocycles. The Balaban J connectivity index is 2.66. The van der Waals surface area contributed by atoms with Crippen LogP contribution in [0.25, 0.3) is 0 Å². The maximum Gasteiger partial charge on any atom is 0.0409 e. The van der Waals surface area contributed by atoms with Crippen LogP contribution in [0.4, 0.5) is 0 Å². The predicted octanol–water partition coefficient (Wildman–Crippen LogP) is 5.45. The summed E-state index contributed by atoms with van der Waals surface area (Å²) in [7, 11) is 0. The molecule has 0 bridgehead atoms. The number of benzene rings is 1. The van der Waals surface area contributed by atoms with Gasteiger partial charge in [-0.25, -0.2) is 0 Å². The smallest absolute Gasteiger partial charge is 0.0409 e. The molecule has 0 amide bonds. The van der Waals surface area contributed by atoms with Gasteiger partial charge in [0.2, 0.25) is 0 Å². The minimum absolute atomic E-state index is 0.348. The molecule has 0 aliphatic carbocycles. The van der Waals surface area contributed by atoms with Gasteiger partial charge in [-0.15, -0.1) is 0 Å². The first kappa shape index (κ1) is 16.5. The van der Waals surface area contributed by atoms with Crippen molar-refractivity contribution in [3.05, 3.63) is 34.9 Å². The lowest BCUT2D eigenvalue weighted by molar-refractivity contribution is 0.335. The second kappa shape index (κ2) is 7.91. The van der Waals surface area contributed by atoms with E-state index in [2.05, 4.69) is 52.1 Å². The Kier molecular flexibility index (Phi) is 6.88. The van der Waals surface area contributed by atoms with E-state index in [1.807, 2.05) is 12.1 Å². The Bertz CT molecular complexity index is 363. The van der Waals surface area contributed by atoms with Crippen LogP contribution in [0.3, 0.4) is 0 Å². The van der Waals surface area contributed by atoms with Crippen LogP contribution in [-0.2, 0) is 0 Å². The molecule has 0 aliphatic rings. The predicted molar refractivity (Wildman–Crippen MR) is 85.7 cm³/mol. The second-order valence-electron chi connectivity index (χ2n) is 6.40. The lowest BCUT2D eigenvalue weighted by Gasteiger charge is -2.26. The van der Waals surface area contributed by atoms with Crippen molar-refractivity contribution in [3.8, 4) is 0 Å². The van der Waals surface area contributed by atoms with E-state index in [1.54, 1.807) is 0 Å². The van der Waals surface area contributed by atoms with Gasteiger partial charge in [-0.1, -0.05) is 51.4 Å². The molecule has 1 nitrogen and oxygen atoms in total. The molecule has 0 spiro atoms. The molecule has 0 aromatic heterocycles. The maximum absolute atomic E-state index is 6.07. The third-order valence-corrected chi connectivity index (χ3v) is 3.58. The van der Waals surface area contributed by atoms with E-state index in [4.69, 9.17) is 11.6 Å². The Labute approximate surface area is 123 Å². The van der Waals surface area contributed by atoms with Crippen LogP contribution in [0.15, 0.2) is 24.3 Å². The molecule has 0 radical (unpaired) electrons. The van der Waals surface area contributed by atoms with Crippen LogP contribution in [0, 0.1) is 11.8 Å². The van der Waals surface area contributed by atoms with Gasteiger partial charge in [-0.2, -0.15) is 0 Å². The second-order valence-corrected chi connectivity index (χ2v) is 6.84. The zero-order valence-electron chi connectivity index (χ0n) is 12.9. The fourth-order valence-electron chi connectivity index (χ4n) is 2.60. The average Bonchev–Trinajstić information content (AvgIpc) is 2.26. The quantitative estimate of drug-likeness (QED) is 0.700. The van der Waals surface area contributed by atoms with Crippen molar-refractivity contribution in [1.29, 1.82) is 0 Å². The minimum atomic E-state index is 0.348. The van der Waals surface area contributed by atoms with E-state index in [1.165, 1.54) is 18.4 Å². The van der Waals surface area contributed by atoms with Gasteiger partial charge in [0, 0.05) is 17.1 Å². The van der Waals surface area contributed by atoms with Gasteiger partial charge in [0.15, 0.2) is 0 Å². The van der Waals surface area contributed by atoms with Gasteiger partial charge < -0.3 is 5.32 Å². The highest BCUT2D eigenvalue weighted by Gasteiger charge is 2.16. The number of nitrogens with one attached hydrogen (secondary N) is 1. The molecule has 1 aromatic carbocycles. The van der Waals surface area contributed by atoms with Crippen molar-refractivity contribution in [2.24, 2.45) is 11.8 Å². The van der Waals surface area contributed by atoms with Gasteiger partial charge >= 0.3 is 0 Å². The molecule has 1 rings (SSSR count). The van der Waals surface area contributed by atoms with Gasteiger partial charge in [-0.05, 0) is 49.3 Å². The molecule has 0 saturated heterocycles. The lowest BCUT2D eigenvalue weighted by atomic mass is 9.94. The van der Waals surface area contributed by atoms with E-state index in [9.17, 15) is 0 Å². The molecule has 1 N–H and O–H groups in total. The summed E-state index contributed by atoms with van der Waals surface area (Å²) in [6, 6.07) is 9.08. The van der Waals surface area contributed by atoms with E-state index < -0.39 is 0 Å². The summed E-state index contributed by atoms with van der Waals surface area (Å²) in [4.78, 5) is 0. The minimum Gasteiger partial charge on any atom is -0.307 e. The average molecular weight is 282 g/mol. The van der Waals surface area contributed by atoms with Crippen LogP contribution in [-0.4, -0.2) is 6.04 Å². The van der Waals surface area contributed by atoms with Crippen LogP contribution < -0.4 is 5.32 Å². The van der Waals surface area contributed by atoms with E-state index in [-0.39, 0.29) is 0 Å². The molecule has 2 heteroatoms. The number of hydrogen-bond donors (Lipinski definition) is 1. The van der Waals surface area contributed by atoms with Crippen LogP contribution in [0.1, 0.15) is 59.1 Å². The highest BCUT2D eigenvalue weighted by atomic mass is 35.5. The summed E-state index contributed by atoms with van der Waals surface area (Å²) in [5.74, 6) is 1.45. The van der Waals surface area contributed by atoms with Crippen LogP contribution in [0.5, 0.6) is 0 Å². The molecule has 108 valence electrons. The summed E-state index contributed by atoms with van der Waals surface area (Å²) in [5, 5.41) is 4.58. The SMILES string of the molecule is CC(C)CC(CC(C)C)NC(C)c1cccc(Cl)c1. The summed E-state index contributed by atoms with van der Waals surface area (Å²) in [6.07, 6.45) is 2.45. The van der Waals surface area contributed by atoms with Crippen molar-refractivity contribution in [2.45, 2.75) is 59.5 Å². The standard InChI is InChI=1S/C17H28ClN/c1-12(2)9-17(10-13(3)4)19-14(5)15-7-6-8-16(18)11-15/h6-8,11-14,17,19H,9-10H2,1-5H3. The van der Waals surface area contributed by atoms with Crippen LogP contribution >= 0.6 is 11.6 Å². The summed E-state index contributed by atoms with van der Waals surface area (Å²) < 4.78 is 0. The fraction of sp³-hybridized carbons (Fsp3) is 0.647. The van der Waals surface area contributed by atoms with Crippen molar-refractivity contribution < 1.29 is 0 Å². The molecule has 0 aliphatic heterocycles. The fourth-order valence-corrected chi connectivity index (χ4v) is 2.79. The molecular formula is C17H28ClN. The molecule has 0 heterocycles. The summed E-state index contributed by atoms with van der Waals surface area (Å²) >= 11 is 6.07. The molecule has 1 unspecified atom stereocenters. The molecular weight excluding hydrogens is 254 g/mol. The Hall–Kier alpha value is -0.530. The first-order valence-electron chi connectivity index (χ1n) is 7.40. The number of hydrogen-bond acceptors (Lipinski definition) is 1. The van der Waals surface area contributed by atoms with Crippen molar-refractivity contribution in [1.82, 2.24) is 5.32 Å². The third kappa shape index (κ3) is 6.44. The first-order valence-corrected chi connectivity index (χ1v) is 7.77. The first-order chi connectivity index (χ1) is 8.88. The van der Waals surface area contributed by atoms with E-state index in [0.29, 0.717) is 12.1 Å². The largest absolute Gasteiger partial charge is 0.307 e. The molecule has 0 fully saturated rings. The zero-order valence-corrected chi connectivity index (χ0v) is 13.7. The molecule has 1 atom stereocenters. The highest BCUT2D eigenvalue weighted by Crippen LogP contribution is 2.21. The lowest BCUT2D eigenvalue weighted by Crippen LogP contribution is -2.34. The summed E-state index contributed by atoms with van der Waals surface area (Å²) in [5.41, 5.74) is 1.27. The number of rotatable bonds is 7. The van der Waals surface area contributed by atoms with Crippen molar-refractivity contribution >= 4 is 11.6 Å². The van der Waals surface area contributed by atoms with Gasteiger partial charge in [0.1, 0.15) is 0 Å². The monoisotopic (exact) mass is 281 g/mol. The Morgan fingerprint density at radius 2 is 1.58 bits per heavy atom. The van der Waals surface area contributed by atoms with E-state index in [0.717, 1.165) is 16.9 Å². The van der Waals surface area contributed by atoms with Gasteiger partial charge in [-0.3, -0.25) is 0 Å². The topological polar surface area (TPSA) is 12.0 Å². The summed E-state index contributed by atoms with van der Waals surface area (Å²) in [6.45, 7) is 11.4. The third-order valence-electron chi connectivity index (χ3n) is 3.35. The number of halogens is 1. The normalized spacial score (nSPS) is 13.5. The molecule has 1 aromatic rings. The van der Waals surface area contributed by atoms with Gasteiger partial charge in [0.25, 0.3) is 0 Å². The maximum atomic E-state index is 6.07. The zero-order chi connectivity index (χ0) is 14.4. The van der Waals surface area contributed by atoms with Crippen molar-refractivity contribution in [2.75, 3.05) is 0 Å².